The molecule has 1 aromatic rings. The first-order valence-corrected chi connectivity index (χ1v) is 5.51. The first kappa shape index (κ1) is 13.0. The Morgan fingerprint density at radius 3 is 2.62 bits per heavy atom. The van der Waals surface area contributed by atoms with Crippen LogP contribution in [0.15, 0.2) is 18.3 Å². The standard InChI is InChI=1S/C12H16ClNO2/c1-12(2,3)9(11(15)16)6-8-4-5-14-10(13)7-8/h4-5,7,9H,6H2,1-3H3,(H,15,16). The van der Waals surface area contributed by atoms with Crippen molar-refractivity contribution in [2.45, 2.75) is 27.2 Å². The molecule has 0 aliphatic heterocycles. The molecule has 0 saturated heterocycles. The molecule has 1 unspecified atom stereocenters. The van der Waals surface area contributed by atoms with Crippen LogP contribution in [0.5, 0.6) is 0 Å². The molecule has 1 rings (SSSR count). The number of aromatic nitrogens is 1. The smallest absolute Gasteiger partial charge is 0.307 e. The lowest BCUT2D eigenvalue weighted by atomic mass is 9.77. The molecule has 0 spiro atoms. The maximum absolute atomic E-state index is 11.2. The van der Waals surface area contributed by atoms with E-state index in [1.54, 1.807) is 18.3 Å². The number of carboxylic acid groups (broad SMARTS) is 1. The van der Waals surface area contributed by atoms with Gasteiger partial charge in [0.2, 0.25) is 0 Å². The Balaban J connectivity index is 2.89. The molecule has 0 aliphatic rings. The second-order valence-corrected chi connectivity index (χ2v) is 5.34. The van der Waals surface area contributed by atoms with Crippen molar-refractivity contribution in [3.05, 3.63) is 29.0 Å². The zero-order chi connectivity index (χ0) is 12.3. The summed E-state index contributed by atoms with van der Waals surface area (Å²) in [7, 11) is 0. The van der Waals surface area contributed by atoms with Crippen LogP contribution in [0.4, 0.5) is 0 Å². The summed E-state index contributed by atoms with van der Waals surface area (Å²) in [6.45, 7) is 5.78. The summed E-state index contributed by atoms with van der Waals surface area (Å²) < 4.78 is 0. The third-order valence-electron chi connectivity index (χ3n) is 2.57. The molecule has 0 saturated carbocycles. The second kappa shape index (κ2) is 4.83. The van der Waals surface area contributed by atoms with Gasteiger partial charge in [0.05, 0.1) is 5.92 Å². The number of halogens is 1. The van der Waals surface area contributed by atoms with Crippen molar-refractivity contribution < 1.29 is 9.90 Å². The quantitative estimate of drug-likeness (QED) is 0.828. The highest BCUT2D eigenvalue weighted by molar-refractivity contribution is 6.29. The molecule has 0 bridgehead atoms. The minimum atomic E-state index is -0.777. The lowest BCUT2D eigenvalue weighted by Gasteiger charge is -2.27. The molecule has 1 atom stereocenters. The summed E-state index contributed by atoms with van der Waals surface area (Å²) in [4.78, 5) is 15.1. The molecule has 0 fully saturated rings. The predicted molar refractivity (Wildman–Crippen MR) is 63.5 cm³/mol. The van der Waals surface area contributed by atoms with Gasteiger partial charge in [0, 0.05) is 6.20 Å². The lowest BCUT2D eigenvalue weighted by molar-refractivity contribution is -0.145. The fourth-order valence-electron chi connectivity index (χ4n) is 1.57. The zero-order valence-corrected chi connectivity index (χ0v) is 10.5. The number of rotatable bonds is 3. The van der Waals surface area contributed by atoms with Gasteiger partial charge in [-0.3, -0.25) is 4.79 Å². The highest BCUT2D eigenvalue weighted by Crippen LogP contribution is 2.29. The number of carboxylic acids is 1. The molecule has 0 radical (unpaired) electrons. The van der Waals surface area contributed by atoms with Crippen LogP contribution >= 0.6 is 11.6 Å². The number of hydrogen-bond acceptors (Lipinski definition) is 2. The van der Waals surface area contributed by atoms with Crippen molar-refractivity contribution in [2.24, 2.45) is 11.3 Å². The van der Waals surface area contributed by atoms with Crippen molar-refractivity contribution in [1.29, 1.82) is 0 Å². The van der Waals surface area contributed by atoms with Gasteiger partial charge < -0.3 is 5.11 Å². The molecule has 0 amide bonds. The average molecular weight is 242 g/mol. The summed E-state index contributed by atoms with van der Waals surface area (Å²) in [5.74, 6) is -1.20. The van der Waals surface area contributed by atoms with Gasteiger partial charge in [-0.2, -0.15) is 0 Å². The van der Waals surface area contributed by atoms with Gasteiger partial charge in [-0.15, -0.1) is 0 Å². The van der Waals surface area contributed by atoms with Crippen LogP contribution in [0.2, 0.25) is 5.15 Å². The van der Waals surface area contributed by atoms with Gasteiger partial charge >= 0.3 is 5.97 Å². The maximum Gasteiger partial charge on any atom is 0.307 e. The monoisotopic (exact) mass is 241 g/mol. The van der Waals surface area contributed by atoms with E-state index >= 15 is 0 Å². The topological polar surface area (TPSA) is 50.2 Å². The highest BCUT2D eigenvalue weighted by Gasteiger charge is 2.31. The first-order valence-electron chi connectivity index (χ1n) is 5.14. The fourth-order valence-corrected chi connectivity index (χ4v) is 1.77. The number of aliphatic carboxylic acids is 1. The Hall–Kier alpha value is -1.09. The van der Waals surface area contributed by atoms with Crippen molar-refractivity contribution in [3.63, 3.8) is 0 Å². The minimum Gasteiger partial charge on any atom is -0.481 e. The highest BCUT2D eigenvalue weighted by atomic mass is 35.5. The van der Waals surface area contributed by atoms with E-state index in [9.17, 15) is 9.90 Å². The number of nitrogens with zero attached hydrogens (tertiary/aromatic N) is 1. The SMILES string of the molecule is CC(C)(C)C(Cc1ccnc(Cl)c1)C(=O)O. The fraction of sp³-hybridized carbons (Fsp3) is 0.500. The molecule has 0 aliphatic carbocycles. The van der Waals surface area contributed by atoms with Crippen LogP contribution in [-0.2, 0) is 11.2 Å². The van der Waals surface area contributed by atoms with E-state index in [0.717, 1.165) is 5.56 Å². The number of pyridine rings is 1. The van der Waals surface area contributed by atoms with Crippen LogP contribution < -0.4 is 0 Å². The predicted octanol–water partition coefficient (Wildman–Crippen LogP) is 3.02. The molecule has 88 valence electrons. The molecular weight excluding hydrogens is 226 g/mol. The molecule has 0 aromatic carbocycles. The Bertz CT molecular complexity index is 385. The van der Waals surface area contributed by atoms with Gasteiger partial charge in [-0.05, 0) is 29.5 Å². The van der Waals surface area contributed by atoms with E-state index in [1.807, 2.05) is 20.8 Å². The second-order valence-electron chi connectivity index (χ2n) is 4.95. The van der Waals surface area contributed by atoms with Gasteiger partial charge in [0.25, 0.3) is 0 Å². The van der Waals surface area contributed by atoms with Crippen LogP contribution in [-0.4, -0.2) is 16.1 Å². The van der Waals surface area contributed by atoms with Gasteiger partial charge in [-0.1, -0.05) is 32.4 Å². The Labute approximate surface area is 100 Å². The number of hydrogen-bond donors (Lipinski definition) is 1. The van der Waals surface area contributed by atoms with E-state index in [1.165, 1.54) is 0 Å². The van der Waals surface area contributed by atoms with Gasteiger partial charge in [-0.25, -0.2) is 4.98 Å². The first-order chi connectivity index (χ1) is 7.30. The summed E-state index contributed by atoms with van der Waals surface area (Å²) in [6.07, 6.45) is 2.07. The molecule has 1 N–H and O–H groups in total. The van der Waals surface area contributed by atoms with E-state index < -0.39 is 11.9 Å². The van der Waals surface area contributed by atoms with E-state index in [4.69, 9.17) is 11.6 Å². The number of carbonyl (C=O) groups is 1. The average Bonchev–Trinajstić information content (AvgIpc) is 2.12. The largest absolute Gasteiger partial charge is 0.481 e. The molecule has 4 heteroatoms. The van der Waals surface area contributed by atoms with E-state index in [0.29, 0.717) is 11.6 Å². The molecule has 1 heterocycles. The maximum atomic E-state index is 11.2. The third-order valence-corrected chi connectivity index (χ3v) is 2.78. The Kier molecular flexibility index (Phi) is 3.92. The molecule has 16 heavy (non-hydrogen) atoms. The van der Waals surface area contributed by atoms with Crippen molar-refractivity contribution in [1.82, 2.24) is 4.98 Å². The minimum absolute atomic E-state index is 0.276. The van der Waals surface area contributed by atoms with Gasteiger partial charge in [0.15, 0.2) is 0 Å². The van der Waals surface area contributed by atoms with E-state index in [2.05, 4.69) is 4.98 Å². The van der Waals surface area contributed by atoms with Crippen LogP contribution in [0.25, 0.3) is 0 Å². The summed E-state index contributed by atoms with van der Waals surface area (Å²) in [5, 5.41) is 9.59. The Morgan fingerprint density at radius 1 is 1.56 bits per heavy atom. The summed E-state index contributed by atoms with van der Waals surface area (Å²) in [6, 6.07) is 3.51. The van der Waals surface area contributed by atoms with Crippen LogP contribution in [0, 0.1) is 11.3 Å². The van der Waals surface area contributed by atoms with Crippen molar-refractivity contribution in [2.75, 3.05) is 0 Å². The normalized spacial score (nSPS) is 13.5. The van der Waals surface area contributed by atoms with Crippen LogP contribution in [0.3, 0.4) is 0 Å². The zero-order valence-electron chi connectivity index (χ0n) is 9.70. The van der Waals surface area contributed by atoms with Crippen LogP contribution in [0.1, 0.15) is 26.3 Å². The molecule has 1 aromatic heterocycles. The van der Waals surface area contributed by atoms with Crippen molar-refractivity contribution >= 4 is 17.6 Å². The Morgan fingerprint density at radius 2 is 2.19 bits per heavy atom. The summed E-state index contributed by atoms with van der Waals surface area (Å²) >= 11 is 5.76. The van der Waals surface area contributed by atoms with Crippen molar-refractivity contribution in [3.8, 4) is 0 Å². The third kappa shape index (κ3) is 3.49. The van der Waals surface area contributed by atoms with E-state index in [-0.39, 0.29) is 5.41 Å². The lowest BCUT2D eigenvalue weighted by Crippen LogP contribution is -2.30. The van der Waals surface area contributed by atoms with Gasteiger partial charge in [0.1, 0.15) is 5.15 Å². The molecule has 3 nitrogen and oxygen atoms in total. The molecular formula is C12H16ClNO2. The summed E-state index contributed by atoms with van der Waals surface area (Å²) in [5.41, 5.74) is 0.629.